The van der Waals surface area contributed by atoms with E-state index in [2.05, 4.69) is 48.1 Å². The van der Waals surface area contributed by atoms with E-state index in [9.17, 15) is 0 Å². The van der Waals surface area contributed by atoms with Gasteiger partial charge in [-0.1, -0.05) is 32.4 Å². The third-order valence-electron chi connectivity index (χ3n) is 4.55. The maximum absolute atomic E-state index is 4.31. The monoisotopic (exact) mass is 285 g/mol. The van der Waals surface area contributed by atoms with Crippen LogP contribution in [0.2, 0.25) is 0 Å². The van der Waals surface area contributed by atoms with Gasteiger partial charge in [-0.05, 0) is 30.7 Å². The van der Waals surface area contributed by atoms with Crippen molar-refractivity contribution in [3.05, 3.63) is 35.7 Å². The molecule has 1 aromatic rings. The normalized spacial score (nSPS) is 19.6. The van der Waals surface area contributed by atoms with Crippen molar-refractivity contribution in [2.45, 2.75) is 52.6 Å². The highest BCUT2D eigenvalue weighted by Crippen LogP contribution is 2.32. The van der Waals surface area contributed by atoms with E-state index in [1.807, 2.05) is 12.4 Å². The van der Waals surface area contributed by atoms with Gasteiger partial charge >= 0.3 is 0 Å². The molecule has 1 aliphatic carbocycles. The summed E-state index contributed by atoms with van der Waals surface area (Å²) in [4.78, 5) is 6.80. The molecule has 1 saturated carbocycles. The van der Waals surface area contributed by atoms with Crippen LogP contribution in [0.1, 0.15) is 45.6 Å². The maximum atomic E-state index is 4.31. The van der Waals surface area contributed by atoms with Crippen molar-refractivity contribution < 1.29 is 0 Å². The fourth-order valence-corrected chi connectivity index (χ4v) is 2.98. The summed E-state index contributed by atoms with van der Waals surface area (Å²) in [5.74, 6) is 0. The molecule has 3 nitrogen and oxygen atoms in total. The third kappa shape index (κ3) is 3.65. The first-order valence-corrected chi connectivity index (χ1v) is 8.15. The number of hydrogen-bond acceptors (Lipinski definition) is 3. The molecule has 2 heterocycles. The summed E-state index contributed by atoms with van der Waals surface area (Å²) in [6.07, 6.45) is 10.2. The van der Waals surface area contributed by atoms with Crippen molar-refractivity contribution in [2.75, 3.05) is 18.0 Å². The van der Waals surface area contributed by atoms with E-state index in [-0.39, 0.29) is 0 Å². The summed E-state index contributed by atoms with van der Waals surface area (Å²) in [6, 6.07) is 2.91. The van der Waals surface area contributed by atoms with Crippen molar-refractivity contribution in [3.63, 3.8) is 0 Å². The Morgan fingerprint density at radius 2 is 2.14 bits per heavy atom. The summed E-state index contributed by atoms with van der Waals surface area (Å²) in [7, 11) is 0. The van der Waals surface area contributed by atoms with Gasteiger partial charge in [-0.25, -0.2) is 0 Å². The van der Waals surface area contributed by atoms with Gasteiger partial charge in [0.2, 0.25) is 0 Å². The first-order chi connectivity index (χ1) is 10.0. The second-order valence-electron chi connectivity index (χ2n) is 7.33. The van der Waals surface area contributed by atoms with E-state index >= 15 is 0 Å². The van der Waals surface area contributed by atoms with Crippen molar-refractivity contribution in [3.8, 4) is 0 Å². The molecule has 1 fully saturated rings. The molecule has 0 aromatic carbocycles. The number of hydrogen-bond donors (Lipinski definition) is 1. The largest absolute Gasteiger partial charge is 0.367 e. The zero-order valence-electron chi connectivity index (χ0n) is 13.5. The van der Waals surface area contributed by atoms with Crippen LogP contribution in [0.15, 0.2) is 30.1 Å². The van der Waals surface area contributed by atoms with Crippen molar-refractivity contribution >= 4 is 5.69 Å². The third-order valence-corrected chi connectivity index (χ3v) is 4.55. The molecule has 0 spiro atoms. The Morgan fingerprint density at radius 3 is 2.76 bits per heavy atom. The smallest absolute Gasteiger partial charge is 0.0445 e. The molecular formula is C18H27N3. The molecule has 3 rings (SSSR count). The number of rotatable bonds is 4. The Hall–Kier alpha value is -1.35. The Labute approximate surface area is 128 Å². The fraction of sp³-hybridized carbons (Fsp3) is 0.611. The lowest BCUT2D eigenvalue weighted by Crippen LogP contribution is -2.32. The molecule has 0 atom stereocenters. The van der Waals surface area contributed by atoms with Gasteiger partial charge < -0.3 is 10.2 Å². The van der Waals surface area contributed by atoms with Crippen molar-refractivity contribution in [2.24, 2.45) is 5.41 Å². The highest BCUT2D eigenvalue weighted by Gasteiger charge is 2.23. The quantitative estimate of drug-likeness (QED) is 0.858. The fourth-order valence-electron chi connectivity index (χ4n) is 2.98. The molecule has 0 unspecified atom stereocenters. The van der Waals surface area contributed by atoms with Crippen LogP contribution < -0.4 is 10.2 Å². The lowest BCUT2D eigenvalue weighted by atomic mass is 9.83. The van der Waals surface area contributed by atoms with Crippen molar-refractivity contribution in [1.29, 1.82) is 0 Å². The molecule has 3 heteroatoms. The average Bonchev–Trinajstić information content (AvgIpc) is 3.29. The highest BCUT2D eigenvalue weighted by molar-refractivity contribution is 5.53. The number of pyridine rings is 1. The molecule has 21 heavy (non-hydrogen) atoms. The minimum absolute atomic E-state index is 0.306. The molecule has 1 N–H and O–H groups in total. The zero-order chi connectivity index (χ0) is 14.9. The average molecular weight is 285 g/mol. The first kappa shape index (κ1) is 14.6. The minimum Gasteiger partial charge on any atom is -0.367 e. The second-order valence-corrected chi connectivity index (χ2v) is 7.33. The van der Waals surface area contributed by atoms with E-state index in [1.54, 1.807) is 5.57 Å². The van der Waals surface area contributed by atoms with Crippen molar-refractivity contribution in [1.82, 2.24) is 10.3 Å². The summed E-state index contributed by atoms with van der Waals surface area (Å²) >= 11 is 0. The molecule has 0 bridgehead atoms. The standard InChI is InChI=1S/C18H27N3/c1-18(2,3)15-7-10-21(11-8-15)17-6-9-19-12-14(17)13-20-16-4-5-16/h6-7,9,12,16,20H,4-5,8,10-11,13H2,1-3H3. The number of nitrogens with zero attached hydrogens (tertiary/aromatic N) is 2. The molecular weight excluding hydrogens is 258 g/mol. The lowest BCUT2D eigenvalue weighted by Gasteiger charge is -2.34. The summed E-state index contributed by atoms with van der Waals surface area (Å²) in [6.45, 7) is 10.0. The van der Waals surface area contributed by atoms with Crippen LogP contribution in [0.4, 0.5) is 5.69 Å². The predicted octanol–water partition coefficient (Wildman–Crippen LogP) is 3.52. The summed E-state index contributed by atoms with van der Waals surface area (Å²) in [5.41, 5.74) is 4.57. The van der Waals surface area contributed by atoms with Gasteiger partial charge in [0.1, 0.15) is 0 Å². The van der Waals surface area contributed by atoms with Gasteiger partial charge in [0.15, 0.2) is 0 Å². The molecule has 1 aliphatic heterocycles. The molecule has 0 radical (unpaired) electrons. The summed E-state index contributed by atoms with van der Waals surface area (Å²) in [5, 5.41) is 3.60. The van der Waals surface area contributed by atoms with Crippen LogP contribution in [0.25, 0.3) is 0 Å². The Morgan fingerprint density at radius 1 is 1.33 bits per heavy atom. The van der Waals surface area contributed by atoms with Crippen LogP contribution in [0.5, 0.6) is 0 Å². The van der Waals surface area contributed by atoms with Gasteiger partial charge in [-0.2, -0.15) is 0 Å². The molecule has 2 aliphatic rings. The second kappa shape index (κ2) is 5.80. The van der Waals surface area contributed by atoms with E-state index in [0.29, 0.717) is 5.41 Å². The number of aromatic nitrogens is 1. The summed E-state index contributed by atoms with van der Waals surface area (Å²) < 4.78 is 0. The molecule has 114 valence electrons. The van der Waals surface area contributed by atoms with Crippen LogP contribution in [0, 0.1) is 5.41 Å². The van der Waals surface area contributed by atoms with Crippen LogP contribution in [-0.2, 0) is 6.54 Å². The number of nitrogens with one attached hydrogen (secondary N) is 1. The van der Waals surface area contributed by atoms with Gasteiger partial charge in [-0.15, -0.1) is 0 Å². The van der Waals surface area contributed by atoms with Crippen LogP contribution in [-0.4, -0.2) is 24.1 Å². The Bertz CT molecular complexity index is 524. The minimum atomic E-state index is 0.306. The van der Waals surface area contributed by atoms with Gasteiger partial charge in [0, 0.05) is 49.3 Å². The molecule has 1 aromatic heterocycles. The number of anilines is 1. The van der Waals surface area contributed by atoms with E-state index < -0.39 is 0 Å². The van der Waals surface area contributed by atoms with Gasteiger partial charge in [0.25, 0.3) is 0 Å². The van der Waals surface area contributed by atoms with Crippen LogP contribution >= 0.6 is 0 Å². The zero-order valence-corrected chi connectivity index (χ0v) is 13.5. The predicted molar refractivity (Wildman–Crippen MR) is 88.5 cm³/mol. The topological polar surface area (TPSA) is 28.2 Å². The maximum Gasteiger partial charge on any atom is 0.0445 e. The molecule has 0 saturated heterocycles. The van der Waals surface area contributed by atoms with Gasteiger partial charge in [-0.3, -0.25) is 4.98 Å². The SMILES string of the molecule is CC(C)(C)C1=CCN(c2ccncc2CNC2CC2)CC1. The van der Waals surface area contributed by atoms with E-state index in [4.69, 9.17) is 0 Å². The van der Waals surface area contributed by atoms with Gasteiger partial charge in [0.05, 0.1) is 0 Å². The van der Waals surface area contributed by atoms with Crippen LogP contribution in [0.3, 0.4) is 0 Å². The van der Waals surface area contributed by atoms with E-state index in [0.717, 1.165) is 25.7 Å². The lowest BCUT2D eigenvalue weighted by molar-refractivity contribution is 0.472. The Balaban J connectivity index is 1.71. The molecule has 0 amide bonds. The highest BCUT2D eigenvalue weighted by atomic mass is 15.1. The first-order valence-electron chi connectivity index (χ1n) is 8.15. The van der Waals surface area contributed by atoms with E-state index in [1.165, 1.54) is 30.5 Å². The Kier molecular flexibility index (Phi) is 4.03.